The maximum absolute atomic E-state index is 14.3. The standard InChI is InChI=1S/C33H36ClF6N5O3Si.C33H34ClF6N3O4Si.C27H22ClF6N5O3/c1-19-15-44(18-42-19)26-9-8-20(12-28(26)47-5)29(43-41)25-14-24(34)16-45(30(25)46)27(17-48-49(6,7)31(2,3)4)21-10-22(32(35,36)37)13-23(11-21)33(38,39)40;1-19-15-42(18-41-19)26-9-8-20(12-28(26)46-5)29(44)25-14-24(34)16-43(30(25)45)27(17-47-48(6,7)31(2,3)4)21-10-22(32(35,36)37)13-23(11-21)33(38,39)40;1-14-10-38(13-36-14)21-4-3-15(7-23(21)42-2)24(37-35)20-9-19(28)11-39(25(20)41)22(12-40)16-5-17(26(29,30)31)8-18(6-16)27(32,33)34/h8-16,18,27H,17,41H2,1-7H3;8-16,18,27H,17H2,1-7H3;3-11,13,22,40H,12,35H2,1-2H3/b43-29+;;37-24+. The van der Waals surface area contributed by atoms with Gasteiger partial charge in [0.05, 0.1) is 178 Å². The number of imidazole rings is 3. The Balaban J connectivity index is 0.000000216. The van der Waals surface area contributed by atoms with Gasteiger partial charge in [-0.2, -0.15) is 89.2 Å². The number of alkyl halides is 18. The minimum Gasteiger partial charge on any atom is -0.495 e. The van der Waals surface area contributed by atoms with Gasteiger partial charge in [0, 0.05) is 53.9 Å². The number of rotatable bonds is 25. The van der Waals surface area contributed by atoms with Gasteiger partial charge in [0.2, 0.25) is 0 Å². The molecule has 0 spiro atoms. The smallest absolute Gasteiger partial charge is 0.416 e. The zero-order valence-electron chi connectivity index (χ0n) is 76.8. The second-order valence-corrected chi connectivity index (χ2v) is 45.9. The van der Waals surface area contributed by atoms with Gasteiger partial charge < -0.3 is 67.3 Å². The summed E-state index contributed by atoms with van der Waals surface area (Å²) in [5, 5.41) is 16.5. The number of nitrogens with two attached hydrogens (primary N) is 2. The molecule has 5 N–H and O–H groups in total. The molecule has 0 aliphatic carbocycles. The number of aliphatic hydroxyl groups excluding tert-OH is 1. The third-order valence-corrected chi connectivity index (χ3v) is 33.0. The third-order valence-electron chi connectivity index (χ3n) is 23.3. The number of benzene rings is 6. The van der Waals surface area contributed by atoms with Crippen LogP contribution in [-0.2, 0) is 45.9 Å². The van der Waals surface area contributed by atoms with Gasteiger partial charge in [-0.15, -0.1) is 0 Å². The van der Waals surface area contributed by atoms with Crippen LogP contribution < -0.4 is 42.6 Å². The van der Waals surface area contributed by atoms with Crippen LogP contribution in [0.1, 0.15) is 165 Å². The summed E-state index contributed by atoms with van der Waals surface area (Å²) < 4.78 is 285. The van der Waals surface area contributed by atoms with Crippen LogP contribution in [0.25, 0.3) is 17.1 Å². The van der Waals surface area contributed by atoms with Gasteiger partial charge in [-0.05, 0) is 189 Å². The monoisotopic (exact) mass is 2050 g/mol. The predicted octanol–water partition coefficient (Wildman–Crippen LogP) is 22.6. The topological polar surface area (TPSA) is 280 Å². The third kappa shape index (κ3) is 25.3. The molecule has 6 heterocycles. The number of halogens is 21. The lowest BCUT2D eigenvalue weighted by molar-refractivity contribution is -0.144. The van der Waals surface area contributed by atoms with Crippen LogP contribution in [0.3, 0.4) is 0 Å². The minimum absolute atomic E-state index is 0.00706. The van der Waals surface area contributed by atoms with Crippen molar-refractivity contribution >= 4 is 68.6 Å². The highest BCUT2D eigenvalue weighted by molar-refractivity contribution is 6.74. The Bertz CT molecular complexity index is 6710. The normalized spacial score (nSPS) is 13.6. The Morgan fingerprint density at radius 3 is 0.885 bits per heavy atom. The number of pyridine rings is 3. The molecule has 0 radical (unpaired) electrons. The predicted molar refractivity (Wildman–Crippen MR) is 492 cm³/mol. The molecule has 0 aliphatic rings. The van der Waals surface area contributed by atoms with Crippen LogP contribution in [-0.4, -0.2) is 122 Å². The Morgan fingerprint density at radius 2 is 0.640 bits per heavy atom. The highest BCUT2D eigenvalue weighted by Crippen LogP contribution is 2.46. The fourth-order valence-electron chi connectivity index (χ4n) is 14.0. The molecule has 23 nitrogen and oxygen atoms in total. The number of methoxy groups -OCH3 is 3. The quantitative estimate of drug-likeness (QED) is 0.0120. The second-order valence-electron chi connectivity index (χ2n) is 35.0. The number of carbonyl (C=O) groups is 1. The molecule has 6 aromatic carbocycles. The van der Waals surface area contributed by atoms with E-state index in [4.69, 9.17) is 69.6 Å². The number of hydrogen-bond donors (Lipinski definition) is 3. The fourth-order valence-corrected chi connectivity index (χ4v) is 16.6. The summed E-state index contributed by atoms with van der Waals surface area (Å²) in [6.45, 7) is 22.3. The van der Waals surface area contributed by atoms with Crippen molar-refractivity contribution < 1.29 is 112 Å². The molecule has 0 saturated heterocycles. The van der Waals surface area contributed by atoms with Crippen molar-refractivity contribution in [2.75, 3.05) is 41.2 Å². The Hall–Kier alpha value is -12.3. The van der Waals surface area contributed by atoms with Crippen molar-refractivity contribution in [3.8, 4) is 34.3 Å². The molecule has 0 bridgehead atoms. The number of ether oxygens (including phenoxy) is 3. The lowest BCUT2D eigenvalue weighted by Crippen LogP contribution is -2.43. The molecular formula is C93H92Cl3F18N13O10Si2. The second kappa shape index (κ2) is 41.6. The van der Waals surface area contributed by atoms with Gasteiger partial charge in [0.1, 0.15) is 28.7 Å². The van der Waals surface area contributed by atoms with Crippen LogP contribution in [0, 0.1) is 20.8 Å². The molecule has 3 atom stereocenters. The fraction of sp³-hybridized carbons (Fsp3) is 0.323. The van der Waals surface area contributed by atoms with E-state index in [1.165, 1.54) is 51.7 Å². The van der Waals surface area contributed by atoms with Crippen LogP contribution in [0.2, 0.25) is 51.3 Å². The molecule has 46 heteroatoms. The van der Waals surface area contributed by atoms with Crippen molar-refractivity contribution in [3.05, 3.63) is 330 Å². The van der Waals surface area contributed by atoms with E-state index in [1.54, 1.807) is 102 Å². The van der Waals surface area contributed by atoms with Gasteiger partial charge >= 0.3 is 37.1 Å². The molecule has 3 unspecified atom stereocenters. The van der Waals surface area contributed by atoms with Gasteiger partial charge in [0.15, 0.2) is 22.4 Å². The van der Waals surface area contributed by atoms with Gasteiger partial charge in [-0.3, -0.25) is 19.2 Å². The van der Waals surface area contributed by atoms with Gasteiger partial charge in [0.25, 0.3) is 16.7 Å². The molecule has 744 valence electrons. The number of hydrogen-bond acceptors (Lipinski definition) is 17. The zero-order valence-corrected chi connectivity index (χ0v) is 81.1. The first-order valence-electron chi connectivity index (χ1n) is 41.5. The van der Waals surface area contributed by atoms with E-state index in [2.05, 4.69) is 25.2 Å². The van der Waals surface area contributed by atoms with E-state index in [1.807, 2.05) is 74.7 Å². The number of carbonyl (C=O) groups excluding carboxylic acids is 1. The van der Waals surface area contributed by atoms with Crippen molar-refractivity contribution in [2.45, 2.75) is 154 Å². The molecule has 12 aromatic rings. The average molecular weight is 2060 g/mol. The average Bonchev–Trinajstić information content (AvgIpc) is 1.74. The zero-order chi connectivity index (χ0) is 104. The van der Waals surface area contributed by atoms with E-state index in [0.29, 0.717) is 70.5 Å². The van der Waals surface area contributed by atoms with E-state index in [9.17, 15) is 103 Å². The lowest BCUT2D eigenvalue weighted by atomic mass is 9.98. The minimum atomic E-state index is -5.14. The SMILES string of the molecule is COc1cc(/C(=N\N)c2cc(Cl)cn(C(CO)c3cc(C(F)(F)F)cc(C(F)(F)F)c3)c2=O)ccc1-n1cnc(C)c1.COc1cc(/C(=N\N)c2cc(Cl)cn(C(CO[Si](C)(C)C(C)(C)C)c3cc(C(F)(F)F)cc(C(F)(F)F)c3)c2=O)ccc1-n1cnc(C)c1.COc1cc(C(=O)c2cc(Cl)cn(C(CO[Si](C)(C)C(C)(C)C)c3cc(C(F)(F)F)cc(C(F)(F)F)c3)c2=O)ccc1-n1cnc(C)c1. The molecule has 0 amide bonds. The van der Waals surface area contributed by atoms with Crippen molar-refractivity contribution in [1.29, 1.82) is 0 Å². The van der Waals surface area contributed by atoms with Crippen molar-refractivity contribution in [3.63, 3.8) is 0 Å². The number of aryl methyl sites for hydroxylation is 3. The molecule has 0 saturated carbocycles. The summed E-state index contributed by atoms with van der Waals surface area (Å²) in [6, 6.07) is 16.0. The summed E-state index contributed by atoms with van der Waals surface area (Å²) in [6.07, 6.45) is -17.6. The first-order valence-corrected chi connectivity index (χ1v) is 48.4. The van der Waals surface area contributed by atoms with Crippen LogP contribution >= 0.6 is 34.8 Å². The van der Waals surface area contributed by atoms with E-state index in [-0.39, 0.29) is 77.7 Å². The van der Waals surface area contributed by atoms with Gasteiger partial charge in [-0.25, -0.2) is 15.0 Å². The van der Waals surface area contributed by atoms with Crippen molar-refractivity contribution in [1.82, 2.24) is 42.4 Å². The number of aliphatic hydroxyl groups is 1. The molecule has 12 rings (SSSR count). The van der Waals surface area contributed by atoms with Crippen LogP contribution in [0.15, 0.2) is 208 Å². The molecule has 139 heavy (non-hydrogen) atoms. The van der Waals surface area contributed by atoms with E-state index >= 15 is 0 Å². The van der Waals surface area contributed by atoms with Crippen molar-refractivity contribution in [2.24, 2.45) is 21.9 Å². The summed E-state index contributed by atoms with van der Waals surface area (Å²) in [4.78, 5) is 68.3. The highest BCUT2D eigenvalue weighted by atomic mass is 35.5. The first kappa shape index (κ1) is 109. The molecule has 6 aromatic heterocycles. The Morgan fingerprint density at radius 1 is 0.388 bits per heavy atom. The number of aromatic nitrogens is 9. The van der Waals surface area contributed by atoms with E-state index < -0.39 is 175 Å². The largest absolute Gasteiger partial charge is 0.495 e. The summed E-state index contributed by atoms with van der Waals surface area (Å²) >= 11 is 19.1. The van der Waals surface area contributed by atoms with E-state index in [0.717, 1.165) is 55.4 Å². The Kier molecular flexibility index (Phi) is 32.6. The number of hydrazone groups is 2. The number of nitrogens with zero attached hydrogens (tertiary/aromatic N) is 11. The lowest BCUT2D eigenvalue weighted by Gasteiger charge is -2.37. The molecule has 0 aliphatic heterocycles. The van der Waals surface area contributed by atoms with Gasteiger partial charge in [-0.1, -0.05) is 88.5 Å². The molecule has 0 fully saturated rings. The van der Waals surface area contributed by atoms with Crippen LogP contribution in [0.4, 0.5) is 79.0 Å². The number of ketones is 1. The van der Waals surface area contributed by atoms with Crippen LogP contribution in [0.5, 0.6) is 17.2 Å². The maximum Gasteiger partial charge on any atom is 0.416 e. The summed E-state index contributed by atoms with van der Waals surface area (Å²) in [5.41, 5.74) is -10.2. The maximum atomic E-state index is 14.3. The first-order chi connectivity index (χ1) is 64.3. The highest BCUT2D eigenvalue weighted by Gasteiger charge is 2.45. The molecular weight excluding hydrogens is 1960 g/mol. The summed E-state index contributed by atoms with van der Waals surface area (Å²) in [7, 11) is -1.09. The Labute approximate surface area is 800 Å². The summed E-state index contributed by atoms with van der Waals surface area (Å²) in [5.74, 6) is 11.6.